The van der Waals surface area contributed by atoms with E-state index >= 15 is 0 Å². The molecule has 2 saturated heterocycles. The van der Waals surface area contributed by atoms with Crippen LogP contribution in [0.25, 0.3) is 0 Å². The Balaban J connectivity index is 0.00000164. The highest BCUT2D eigenvalue weighted by Gasteiger charge is 2.36. The molecule has 0 saturated carbocycles. The summed E-state index contributed by atoms with van der Waals surface area (Å²) in [5.74, 6) is 1.74. The Labute approximate surface area is 233 Å². The second-order valence-corrected chi connectivity index (χ2v) is 10.4. The fraction of sp³-hybridized carbons (Fsp3) is 0.469. The molecule has 2 aliphatic rings. The lowest BCUT2D eigenvalue weighted by Gasteiger charge is -2.49. The summed E-state index contributed by atoms with van der Waals surface area (Å²) >= 11 is 6.26. The van der Waals surface area contributed by atoms with Crippen LogP contribution >= 0.6 is 11.6 Å². The summed E-state index contributed by atoms with van der Waals surface area (Å²) in [4.78, 5) is 9.33. The monoisotopic (exact) mass is 535 g/mol. The molecule has 38 heavy (non-hydrogen) atoms. The first-order chi connectivity index (χ1) is 18.5. The van der Waals surface area contributed by atoms with Gasteiger partial charge in [-0.1, -0.05) is 31.5 Å². The van der Waals surface area contributed by atoms with Crippen molar-refractivity contribution in [2.75, 3.05) is 38.3 Å². The quantitative estimate of drug-likeness (QED) is 0.314. The number of benzene rings is 2. The molecule has 2 aromatic carbocycles. The minimum Gasteiger partial charge on any atom is -0.495 e. The van der Waals surface area contributed by atoms with Gasteiger partial charge < -0.3 is 14.4 Å². The number of pyridine rings is 1. The molecule has 204 valence electrons. The molecule has 0 bridgehead atoms. The minimum absolute atomic E-state index is 0.468. The van der Waals surface area contributed by atoms with Crippen LogP contribution in [-0.2, 0) is 6.42 Å². The van der Waals surface area contributed by atoms with Gasteiger partial charge in [-0.3, -0.25) is 9.88 Å². The maximum Gasteiger partial charge on any atom is 0.139 e. The molecular formula is C32H42ClN3O2. The fourth-order valence-corrected chi connectivity index (χ4v) is 6.02. The van der Waals surface area contributed by atoms with E-state index in [0.717, 1.165) is 37.6 Å². The maximum absolute atomic E-state index is 6.26. The summed E-state index contributed by atoms with van der Waals surface area (Å²) in [6.07, 6.45) is 8.27. The van der Waals surface area contributed by atoms with Crippen LogP contribution in [0.3, 0.4) is 0 Å². The molecule has 2 unspecified atom stereocenters. The molecule has 0 N–H and O–H groups in total. The van der Waals surface area contributed by atoms with E-state index < -0.39 is 0 Å². The average molecular weight is 536 g/mol. The topological polar surface area (TPSA) is 37.8 Å². The molecule has 0 aliphatic carbocycles. The normalized spacial score (nSPS) is 19.3. The molecule has 2 aliphatic heterocycles. The van der Waals surface area contributed by atoms with Crippen LogP contribution in [0.4, 0.5) is 5.69 Å². The average Bonchev–Trinajstić information content (AvgIpc) is 2.97. The third-order valence-corrected chi connectivity index (χ3v) is 8.29. The zero-order chi connectivity index (χ0) is 27.1. The van der Waals surface area contributed by atoms with Gasteiger partial charge in [0.05, 0.1) is 18.7 Å². The summed E-state index contributed by atoms with van der Waals surface area (Å²) in [5, 5.41) is 0.660. The number of hydrogen-bond donors (Lipinski definition) is 0. The number of methoxy groups -OCH3 is 1. The number of rotatable bonds is 7. The highest BCUT2D eigenvalue weighted by molar-refractivity contribution is 6.32. The van der Waals surface area contributed by atoms with Crippen LogP contribution in [0, 0.1) is 13.8 Å². The van der Waals surface area contributed by atoms with Crippen LogP contribution in [0.15, 0.2) is 54.9 Å². The number of hydrogen-bond acceptors (Lipinski definition) is 5. The molecule has 6 heteroatoms. The minimum atomic E-state index is 0.468. The van der Waals surface area contributed by atoms with Crippen molar-refractivity contribution in [1.82, 2.24) is 9.88 Å². The van der Waals surface area contributed by atoms with Crippen molar-refractivity contribution in [3.63, 3.8) is 0 Å². The zero-order valence-corrected chi connectivity index (χ0v) is 24.3. The summed E-state index contributed by atoms with van der Waals surface area (Å²) in [7, 11) is 1.68. The third kappa shape index (κ3) is 6.27. The highest BCUT2D eigenvalue weighted by atomic mass is 35.5. The molecule has 3 heterocycles. The van der Waals surface area contributed by atoms with Crippen molar-refractivity contribution >= 4 is 17.3 Å². The lowest BCUT2D eigenvalue weighted by molar-refractivity contribution is 0.0712. The molecule has 5 rings (SSSR count). The van der Waals surface area contributed by atoms with Gasteiger partial charge in [0.1, 0.15) is 11.5 Å². The lowest BCUT2D eigenvalue weighted by Crippen LogP contribution is -2.56. The number of piperidine rings is 1. The summed E-state index contributed by atoms with van der Waals surface area (Å²) in [6.45, 7) is 12.2. The van der Waals surface area contributed by atoms with Crippen LogP contribution in [0.1, 0.15) is 61.4 Å². The smallest absolute Gasteiger partial charge is 0.139 e. The number of fused-ring (bicyclic) bond motifs is 1. The van der Waals surface area contributed by atoms with Gasteiger partial charge in [0.25, 0.3) is 0 Å². The summed E-state index contributed by atoms with van der Waals surface area (Å²) in [6, 6.07) is 15.7. The van der Waals surface area contributed by atoms with E-state index in [0.29, 0.717) is 23.7 Å². The number of aromatic nitrogens is 1. The summed E-state index contributed by atoms with van der Waals surface area (Å²) < 4.78 is 11.7. The predicted octanol–water partition coefficient (Wildman–Crippen LogP) is 7.42. The predicted molar refractivity (Wildman–Crippen MR) is 158 cm³/mol. The van der Waals surface area contributed by atoms with E-state index in [1.807, 2.05) is 44.4 Å². The van der Waals surface area contributed by atoms with Crippen molar-refractivity contribution in [3.8, 4) is 11.5 Å². The van der Waals surface area contributed by atoms with Crippen LogP contribution in [-0.4, -0.2) is 49.3 Å². The first-order valence-corrected chi connectivity index (χ1v) is 14.4. The fourth-order valence-electron chi connectivity index (χ4n) is 5.83. The Morgan fingerprint density at radius 1 is 0.947 bits per heavy atom. The Kier molecular flexibility index (Phi) is 9.92. The number of nitrogens with zero attached hydrogens (tertiary/aromatic N) is 3. The maximum atomic E-state index is 6.26. The van der Waals surface area contributed by atoms with Crippen molar-refractivity contribution < 1.29 is 9.47 Å². The summed E-state index contributed by atoms with van der Waals surface area (Å²) in [5.41, 5.74) is 6.53. The van der Waals surface area contributed by atoms with Gasteiger partial charge in [0.15, 0.2) is 0 Å². The second-order valence-electron chi connectivity index (χ2n) is 9.96. The molecule has 3 aromatic rings. The Morgan fingerprint density at radius 2 is 1.74 bits per heavy atom. The number of anilines is 1. The first-order valence-electron chi connectivity index (χ1n) is 14.0. The highest BCUT2D eigenvalue weighted by Crippen LogP contribution is 2.40. The van der Waals surface area contributed by atoms with E-state index in [2.05, 4.69) is 52.9 Å². The molecule has 0 radical (unpaired) electrons. The Hall–Kier alpha value is -2.76. The number of ether oxygens (including phenoxy) is 2. The van der Waals surface area contributed by atoms with E-state index in [-0.39, 0.29) is 0 Å². The third-order valence-electron chi connectivity index (χ3n) is 7.98. The Bertz CT molecular complexity index is 1190. The van der Waals surface area contributed by atoms with Gasteiger partial charge in [0, 0.05) is 62.3 Å². The SMILES string of the molecule is CC.COc1cc(N2CCN3C(CCCC3c3ccc(OCCc4ccncc4)c(C)c3C)C2)ccc1Cl. The molecule has 5 nitrogen and oxygen atoms in total. The second kappa shape index (κ2) is 13.3. The van der Waals surface area contributed by atoms with Crippen LogP contribution < -0.4 is 14.4 Å². The lowest BCUT2D eigenvalue weighted by atomic mass is 9.86. The van der Waals surface area contributed by atoms with Crippen molar-refractivity contribution in [2.24, 2.45) is 0 Å². The largest absolute Gasteiger partial charge is 0.495 e. The Morgan fingerprint density at radius 3 is 2.50 bits per heavy atom. The molecular weight excluding hydrogens is 494 g/mol. The van der Waals surface area contributed by atoms with Gasteiger partial charge in [0.2, 0.25) is 0 Å². The molecule has 0 amide bonds. The van der Waals surface area contributed by atoms with Gasteiger partial charge in [-0.2, -0.15) is 0 Å². The van der Waals surface area contributed by atoms with Crippen LogP contribution in [0.5, 0.6) is 11.5 Å². The van der Waals surface area contributed by atoms with Gasteiger partial charge in [-0.25, -0.2) is 0 Å². The number of halogens is 1. The van der Waals surface area contributed by atoms with Crippen LogP contribution in [0.2, 0.25) is 5.02 Å². The van der Waals surface area contributed by atoms with Gasteiger partial charge in [-0.05, 0) is 85.7 Å². The van der Waals surface area contributed by atoms with Crippen molar-refractivity contribution in [3.05, 3.63) is 82.1 Å². The van der Waals surface area contributed by atoms with Gasteiger partial charge >= 0.3 is 0 Å². The van der Waals surface area contributed by atoms with E-state index in [1.54, 1.807) is 7.11 Å². The molecule has 2 atom stereocenters. The standard InChI is InChI=1S/C30H36ClN3O2.C2H6/c1-21-22(2)29(36-18-13-23-11-14-32-15-12-23)10-8-26(21)28-6-4-5-25-20-33(16-17-34(25)28)24-7-9-27(31)30(19-24)35-3;1-2/h7-12,14-15,19,25,28H,4-6,13,16-18,20H2,1-3H3;1-2H3. The molecule has 0 spiro atoms. The van der Waals surface area contributed by atoms with Crippen molar-refractivity contribution in [1.29, 1.82) is 0 Å². The van der Waals surface area contributed by atoms with Crippen molar-refractivity contribution in [2.45, 2.75) is 65.5 Å². The van der Waals surface area contributed by atoms with E-state index in [1.165, 1.54) is 47.2 Å². The molecule has 2 fully saturated rings. The van der Waals surface area contributed by atoms with Gasteiger partial charge in [-0.15, -0.1) is 0 Å². The molecule has 1 aromatic heterocycles. The number of piperazine rings is 1. The van der Waals surface area contributed by atoms with E-state index in [9.17, 15) is 0 Å². The first kappa shape index (κ1) is 28.3. The van der Waals surface area contributed by atoms with E-state index in [4.69, 9.17) is 21.1 Å². The zero-order valence-electron chi connectivity index (χ0n) is 23.5.